The van der Waals surface area contributed by atoms with Gasteiger partial charge in [0.15, 0.2) is 0 Å². The first-order chi connectivity index (χ1) is 4.70. The second-order valence-corrected chi connectivity index (χ2v) is 4.59. The maximum Gasteiger partial charge on any atom is -0.0357 e. The highest BCUT2D eigenvalue weighted by Crippen LogP contribution is 2.54. The van der Waals surface area contributed by atoms with Crippen LogP contribution in [0.1, 0.15) is 33.6 Å². The van der Waals surface area contributed by atoms with Gasteiger partial charge in [0, 0.05) is 0 Å². The van der Waals surface area contributed by atoms with E-state index in [2.05, 4.69) is 20.8 Å². The molecule has 0 amide bonds. The lowest BCUT2D eigenvalue weighted by Gasteiger charge is -2.29. The summed E-state index contributed by atoms with van der Waals surface area (Å²) in [6.07, 6.45) is 3.07. The smallest absolute Gasteiger partial charge is 0.0357 e. The van der Waals surface area contributed by atoms with Crippen molar-refractivity contribution in [2.75, 3.05) is 0 Å². The summed E-state index contributed by atoms with van der Waals surface area (Å²) < 4.78 is 0. The molecule has 0 aliphatic heterocycles. The predicted molar refractivity (Wildman–Crippen MR) is 43.7 cm³/mol. The second kappa shape index (κ2) is 1.99. The first-order valence-electron chi connectivity index (χ1n) is 4.70. The lowest BCUT2D eigenvalue weighted by molar-refractivity contribution is 0.201. The lowest BCUT2D eigenvalue weighted by atomic mass is 9.77. The molecule has 2 unspecified atom stereocenters. The minimum Gasteiger partial charge on any atom is -0.0622 e. The van der Waals surface area contributed by atoms with Crippen molar-refractivity contribution < 1.29 is 0 Å². The van der Waals surface area contributed by atoms with E-state index in [4.69, 9.17) is 0 Å². The Labute approximate surface area is 64.0 Å². The zero-order chi connectivity index (χ0) is 7.30. The topological polar surface area (TPSA) is 0 Å². The van der Waals surface area contributed by atoms with Crippen LogP contribution in [0.4, 0.5) is 0 Å². The summed E-state index contributed by atoms with van der Waals surface area (Å²) in [4.78, 5) is 0. The number of hydrogen-bond donors (Lipinski definition) is 0. The monoisotopic (exact) mass is 138 g/mol. The Morgan fingerprint density at radius 2 is 1.60 bits per heavy atom. The molecular weight excluding hydrogens is 120 g/mol. The van der Waals surface area contributed by atoms with Crippen LogP contribution in [-0.2, 0) is 0 Å². The van der Waals surface area contributed by atoms with E-state index in [-0.39, 0.29) is 0 Å². The van der Waals surface area contributed by atoms with Crippen LogP contribution < -0.4 is 0 Å². The Balaban J connectivity index is 2.16. The van der Waals surface area contributed by atoms with E-state index in [1.807, 2.05) is 0 Å². The molecule has 0 heteroatoms. The number of hydrogen-bond acceptors (Lipinski definition) is 0. The maximum atomic E-state index is 2.45. The largest absolute Gasteiger partial charge is 0.0622 e. The molecule has 2 bridgehead atoms. The Morgan fingerprint density at radius 3 is 2.00 bits per heavy atom. The highest BCUT2D eigenvalue weighted by Gasteiger charge is 2.46. The predicted octanol–water partition coefficient (Wildman–Crippen LogP) is 2.93. The molecule has 2 aliphatic rings. The van der Waals surface area contributed by atoms with Gasteiger partial charge < -0.3 is 0 Å². The average molecular weight is 138 g/mol. The summed E-state index contributed by atoms with van der Waals surface area (Å²) in [7, 11) is 0. The highest BCUT2D eigenvalue weighted by molar-refractivity contribution is 4.95. The van der Waals surface area contributed by atoms with Gasteiger partial charge >= 0.3 is 0 Å². The van der Waals surface area contributed by atoms with Gasteiger partial charge in [-0.05, 0) is 42.4 Å². The van der Waals surface area contributed by atoms with Crippen LogP contribution in [0.25, 0.3) is 0 Å². The Bertz CT molecular complexity index is 137. The van der Waals surface area contributed by atoms with Crippen molar-refractivity contribution in [1.29, 1.82) is 0 Å². The lowest BCUT2D eigenvalue weighted by Crippen LogP contribution is -2.22. The van der Waals surface area contributed by atoms with Gasteiger partial charge in [-0.1, -0.05) is 20.8 Å². The van der Waals surface area contributed by atoms with E-state index in [1.54, 1.807) is 6.42 Å². The van der Waals surface area contributed by atoms with Gasteiger partial charge in [0.2, 0.25) is 0 Å². The third-order valence-corrected chi connectivity index (χ3v) is 4.23. The number of fused-ring (bicyclic) bond motifs is 2. The van der Waals surface area contributed by atoms with Crippen molar-refractivity contribution in [2.45, 2.75) is 33.6 Å². The summed E-state index contributed by atoms with van der Waals surface area (Å²) in [5, 5.41) is 0. The molecule has 2 aliphatic carbocycles. The molecule has 2 fully saturated rings. The fourth-order valence-electron chi connectivity index (χ4n) is 3.31. The molecule has 0 N–H and O–H groups in total. The van der Waals surface area contributed by atoms with Crippen LogP contribution in [-0.4, -0.2) is 0 Å². The molecule has 0 saturated heterocycles. The molecule has 0 radical (unpaired) electrons. The Hall–Kier alpha value is 0. The van der Waals surface area contributed by atoms with Gasteiger partial charge in [0.05, 0.1) is 0 Å². The summed E-state index contributed by atoms with van der Waals surface area (Å²) in [5.74, 6) is 5.26. The van der Waals surface area contributed by atoms with Crippen molar-refractivity contribution in [1.82, 2.24) is 0 Å². The van der Waals surface area contributed by atoms with Crippen LogP contribution in [0, 0.1) is 29.6 Å². The molecule has 10 heavy (non-hydrogen) atoms. The third-order valence-electron chi connectivity index (χ3n) is 4.23. The van der Waals surface area contributed by atoms with Crippen molar-refractivity contribution >= 4 is 0 Å². The van der Waals surface area contributed by atoms with Gasteiger partial charge in [-0.2, -0.15) is 0 Å². The first kappa shape index (κ1) is 6.69. The summed E-state index contributed by atoms with van der Waals surface area (Å²) >= 11 is 0. The van der Waals surface area contributed by atoms with E-state index in [9.17, 15) is 0 Å². The Kier molecular flexibility index (Phi) is 1.33. The van der Waals surface area contributed by atoms with Crippen LogP contribution in [0.5, 0.6) is 0 Å². The van der Waals surface area contributed by atoms with Crippen molar-refractivity contribution in [3.63, 3.8) is 0 Å². The SMILES string of the molecule is C[C@@H]1C2CC([C@@H](C)C2)[C@@H]1C. The molecule has 0 aromatic carbocycles. The second-order valence-electron chi connectivity index (χ2n) is 4.59. The van der Waals surface area contributed by atoms with Gasteiger partial charge in [0.25, 0.3) is 0 Å². The molecule has 0 nitrogen and oxygen atoms in total. The molecule has 0 heterocycles. The molecular formula is C10H18. The average Bonchev–Trinajstić information content (AvgIpc) is 2.36. The number of rotatable bonds is 0. The van der Waals surface area contributed by atoms with E-state index in [1.165, 1.54) is 6.42 Å². The Morgan fingerprint density at radius 1 is 0.900 bits per heavy atom. The zero-order valence-corrected chi connectivity index (χ0v) is 7.30. The van der Waals surface area contributed by atoms with Gasteiger partial charge in [-0.15, -0.1) is 0 Å². The first-order valence-corrected chi connectivity index (χ1v) is 4.70. The molecule has 0 aromatic rings. The maximum absolute atomic E-state index is 2.45. The van der Waals surface area contributed by atoms with Crippen molar-refractivity contribution in [3.05, 3.63) is 0 Å². The van der Waals surface area contributed by atoms with E-state index in [0.29, 0.717) is 0 Å². The minimum atomic E-state index is 1.02. The van der Waals surface area contributed by atoms with Crippen LogP contribution in [0.2, 0.25) is 0 Å². The molecule has 58 valence electrons. The molecule has 0 spiro atoms. The van der Waals surface area contributed by atoms with Crippen molar-refractivity contribution in [2.24, 2.45) is 29.6 Å². The fourth-order valence-corrected chi connectivity index (χ4v) is 3.31. The summed E-state index contributed by atoms with van der Waals surface area (Å²) in [5.41, 5.74) is 0. The van der Waals surface area contributed by atoms with Crippen molar-refractivity contribution in [3.8, 4) is 0 Å². The standard InChI is InChI=1S/C10H18/c1-6-4-9-5-10(6)8(3)7(9)2/h6-10H,4-5H2,1-3H3/t6-,7-,8+,9?,10?/m0/s1. The van der Waals surface area contributed by atoms with E-state index < -0.39 is 0 Å². The van der Waals surface area contributed by atoms with Gasteiger partial charge in [-0.3, -0.25) is 0 Å². The molecule has 5 atom stereocenters. The van der Waals surface area contributed by atoms with Crippen LogP contribution in [0.3, 0.4) is 0 Å². The molecule has 2 rings (SSSR count). The van der Waals surface area contributed by atoms with E-state index >= 15 is 0 Å². The highest BCUT2D eigenvalue weighted by atomic mass is 14.5. The van der Waals surface area contributed by atoms with E-state index in [0.717, 1.165) is 29.6 Å². The quantitative estimate of drug-likeness (QED) is 0.483. The minimum absolute atomic E-state index is 1.02. The summed E-state index contributed by atoms with van der Waals surface area (Å²) in [6.45, 7) is 7.33. The molecule has 2 saturated carbocycles. The van der Waals surface area contributed by atoms with Crippen LogP contribution in [0.15, 0.2) is 0 Å². The van der Waals surface area contributed by atoms with Gasteiger partial charge in [-0.25, -0.2) is 0 Å². The summed E-state index contributed by atoms with van der Waals surface area (Å²) in [6, 6.07) is 0. The molecule has 0 aromatic heterocycles. The van der Waals surface area contributed by atoms with Gasteiger partial charge in [0.1, 0.15) is 0 Å². The third kappa shape index (κ3) is 0.681. The zero-order valence-electron chi connectivity index (χ0n) is 7.30. The van der Waals surface area contributed by atoms with Crippen LogP contribution >= 0.6 is 0 Å². The fraction of sp³-hybridized carbons (Fsp3) is 1.00. The normalized spacial score (nSPS) is 59.7.